The van der Waals surface area contributed by atoms with Crippen LogP contribution in [0.5, 0.6) is 0 Å². The van der Waals surface area contributed by atoms with Crippen LogP contribution >= 0.6 is 11.6 Å². The lowest BCUT2D eigenvalue weighted by molar-refractivity contribution is 0.533. The van der Waals surface area contributed by atoms with Crippen molar-refractivity contribution in [1.82, 2.24) is 9.97 Å². The van der Waals surface area contributed by atoms with Crippen LogP contribution in [0.4, 0.5) is 5.95 Å². The molecule has 0 saturated carbocycles. The van der Waals surface area contributed by atoms with Crippen LogP contribution in [0.2, 0.25) is 0 Å². The van der Waals surface area contributed by atoms with Crippen molar-refractivity contribution in [3.05, 3.63) is 17.5 Å². The monoisotopic (exact) mass is 227 g/mol. The summed E-state index contributed by atoms with van der Waals surface area (Å²) in [5.74, 6) is 1.28. The molecule has 3 nitrogen and oxygen atoms in total. The van der Waals surface area contributed by atoms with Crippen molar-refractivity contribution in [2.24, 2.45) is 0 Å². The second kappa shape index (κ2) is 4.35. The normalized spacial score (nSPS) is 11.6. The zero-order valence-electron chi connectivity index (χ0n) is 10.0. The van der Waals surface area contributed by atoms with E-state index in [1.165, 1.54) is 0 Å². The lowest BCUT2D eigenvalue weighted by Gasteiger charge is -2.34. The minimum Gasteiger partial charge on any atom is -0.338 e. The molecule has 0 bridgehead atoms. The van der Waals surface area contributed by atoms with E-state index in [2.05, 4.69) is 23.8 Å². The highest BCUT2D eigenvalue weighted by Crippen LogP contribution is 2.20. The molecule has 1 aromatic rings. The fourth-order valence-electron chi connectivity index (χ4n) is 1.22. The standard InChI is InChI=1S/C11H18ClN3/c1-8-6-9(2)14-10(13-8)15(5)11(3,4)7-12/h6H,7H2,1-5H3. The van der Waals surface area contributed by atoms with Crippen molar-refractivity contribution in [3.63, 3.8) is 0 Å². The summed E-state index contributed by atoms with van der Waals surface area (Å²) in [5.41, 5.74) is 1.83. The van der Waals surface area contributed by atoms with Gasteiger partial charge in [0.1, 0.15) is 0 Å². The van der Waals surface area contributed by atoms with Crippen LogP contribution in [-0.4, -0.2) is 28.4 Å². The number of aromatic nitrogens is 2. The summed E-state index contributed by atoms with van der Waals surface area (Å²) < 4.78 is 0. The number of alkyl halides is 1. The largest absolute Gasteiger partial charge is 0.338 e. The van der Waals surface area contributed by atoms with Crippen molar-refractivity contribution in [1.29, 1.82) is 0 Å². The molecule has 1 heterocycles. The van der Waals surface area contributed by atoms with Gasteiger partial charge in [0, 0.05) is 24.3 Å². The summed E-state index contributed by atoms with van der Waals surface area (Å²) in [6, 6.07) is 1.96. The zero-order valence-corrected chi connectivity index (χ0v) is 10.8. The van der Waals surface area contributed by atoms with Gasteiger partial charge in [-0.25, -0.2) is 9.97 Å². The lowest BCUT2D eigenvalue weighted by Crippen LogP contribution is -2.44. The molecule has 84 valence electrons. The molecule has 0 fully saturated rings. The van der Waals surface area contributed by atoms with Crippen LogP contribution in [0.25, 0.3) is 0 Å². The quantitative estimate of drug-likeness (QED) is 0.744. The van der Waals surface area contributed by atoms with Crippen molar-refractivity contribution in [2.45, 2.75) is 33.2 Å². The fourth-order valence-corrected chi connectivity index (χ4v) is 1.40. The molecule has 0 spiro atoms. The van der Waals surface area contributed by atoms with Crippen LogP contribution in [-0.2, 0) is 0 Å². The molecule has 0 radical (unpaired) electrons. The first-order valence-electron chi connectivity index (χ1n) is 4.99. The second-order valence-electron chi connectivity index (χ2n) is 4.46. The minimum absolute atomic E-state index is 0.137. The van der Waals surface area contributed by atoms with Crippen molar-refractivity contribution >= 4 is 17.5 Å². The molecule has 4 heteroatoms. The Balaban J connectivity index is 3.06. The van der Waals surface area contributed by atoms with Gasteiger partial charge in [0.25, 0.3) is 0 Å². The van der Waals surface area contributed by atoms with Gasteiger partial charge in [-0.1, -0.05) is 0 Å². The van der Waals surface area contributed by atoms with E-state index >= 15 is 0 Å². The molecule has 0 amide bonds. The molecule has 15 heavy (non-hydrogen) atoms. The van der Waals surface area contributed by atoms with Crippen LogP contribution in [0.1, 0.15) is 25.2 Å². The molecule has 0 unspecified atom stereocenters. The maximum atomic E-state index is 5.92. The van der Waals surface area contributed by atoms with Gasteiger partial charge in [-0.05, 0) is 33.8 Å². The third-order valence-electron chi connectivity index (χ3n) is 2.51. The van der Waals surface area contributed by atoms with Crippen molar-refractivity contribution in [3.8, 4) is 0 Å². The van der Waals surface area contributed by atoms with Gasteiger partial charge in [0.05, 0.1) is 5.54 Å². The number of hydrogen-bond donors (Lipinski definition) is 0. The van der Waals surface area contributed by atoms with Gasteiger partial charge in [0.2, 0.25) is 5.95 Å². The summed E-state index contributed by atoms with van der Waals surface area (Å²) in [6.07, 6.45) is 0. The van der Waals surface area contributed by atoms with E-state index in [1.807, 2.05) is 31.9 Å². The maximum absolute atomic E-state index is 5.92. The topological polar surface area (TPSA) is 29.0 Å². The highest BCUT2D eigenvalue weighted by molar-refractivity contribution is 6.18. The van der Waals surface area contributed by atoms with Gasteiger partial charge in [0.15, 0.2) is 0 Å². The molecular formula is C11H18ClN3. The van der Waals surface area contributed by atoms with E-state index in [1.54, 1.807) is 0 Å². The van der Waals surface area contributed by atoms with Crippen LogP contribution in [0.15, 0.2) is 6.07 Å². The molecule has 1 rings (SSSR count). The third kappa shape index (κ3) is 2.81. The first kappa shape index (κ1) is 12.2. The Labute approximate surface area is 96.5 Å². The average Bonchev–Trinajstić information content (AvgIpc) is 2.15. The number of aryl methyl sites for hydroxylation is 2. The molecule has 1 aromatic heterocycles. The second-order valence-corrected chi connectivity index (χ2v) is 4.72. The summed E-state index contributed by atoms with van der Waals surface area (Å²) >= 11 is 5.92. The van der Waals surface area contributed by atoms with E-state index in [-0.39, 0.29) is 5.54 Å². The predicted molar refractivity (Wildman–Crippen MR) is 64.7 cm³/mol. The summed E-state index contributed by atoms with van der Waals surface area (Å²) in [7, 11) is 1.97. The Bertz CT molecular complexity index is 329. The van der Waals surface area contributed by atoms with E-state index in [9.17, 15) is 0 Å². The highest BCUT2D eigenvalue weighted by Gasteiger charge is 2.24. The van der Waals surface area contributed by atoms with Crippen LogP contribution in [0, 0.1) is 13.8 Å². The smallest absolute Gasteiger partial charge is 0.225 e. The third-order valence-corrected chi connectivity index (χ3v) is 3.16. The Kier molecular flexibility index (Phi) is 3.55. The SMILES string of the molecule is Cc1cc(C)nc(N(C)C(C)(C)CCl)n1. The van der Waals surface area contributed by atoms with Crippen LogP contribution < -0.4 is 4.90 Å². The number of rotatable bonds is 3. The Morgan fingerprint density at radius 2 is 1.73 bits per heavy atom. The Morgan fingerprint density at radius 3 is 2.13 bits per heavy atom. The average molecular weight is 228 g/mol. The number of halogens is 1. The Morgan fingerprint density at radius 1 is 1.27 bits per heavy atom. The maximum Gasteiger partial charge on any atom is 0.225 e. The van der Waals surface area contributed by atoms with Crippen molar-refractivity contribution < 1.29 is 0 Å². The molecular weight excluding hydrogens is 210 g/mol. The molecule has 0 aliphatic rings. The summed E-state index contributed by atoms with van der Waals surface area (Å²) in [4.78, 5) is 10.8. The van der Waals surface area contributed by atoms with E-state index in [4.69, 9.17) is 11.6 Å². The zero-order chi connectivity index (χ0) is 11.6. The lowest BCUT2D eigenvalue weighted by atomic mass is 10.1. The Hall–Kier alpha value is -0.830. The number of nitrogens with zero attached hydrogens (tertiary/aromatic N) is 3. The van der Waals surface area contributed by atoms with E-state index in [0.717, 1.165) is 17.3 Å². The number of anilines is 1. The molecule has 0 N–H and O–H groups in total. The van der Waals surface area contributed by atoms with Crippen LogP contribution in [0.3, 0.4) is 0 Å². The first-order valence-corrected chi connectivity index (χ1v) is 5.52. The van der Waals surface area contributed by atoms with E-state index in [0.29, 0.717) is 5.88 Å². The van der Waals surface area contributed by atoms with Gasteiger partial charge < -0.3 is 4.90 Å². The first-order chi connectivity index (χ1) is 6.86. The van der Waals surface area contributed by atoms with E-state index < -0.39 is 0 Å². The fraction of sp³-hybridized carbons (Fsp3) is 0.636. The van der Waals surface area contributed by atoms with Gasteiger partial charge in [-0.15, -0.1) is 11.6 Å². The summed E-state index contributed by atoms with van der Waals surface area (Å²) in [6.45, 7) is 8.08. The van der Waals surface area contributed by atoms with Gasteiger partial charge in [-0.3, -0.25) is 0 Å². The molecule has 0 aliphatic heterocycles. The number of hydrogen-bond acceptors (Lipinski definition) is 3. The van der Waals surface area contributed by atoms with Gasteiger partial charge >= 0.3 is 0 Å². The molecule has 0 aliphatic carbocycles. The highest BCUT2D eigenvalue weighted by atomic mass is 35.5. The molecule has 0 saturated heterocycles. The predicted octanol–water partition coefficient (Wildman–Crippen LogP) is 2.55. The van der Waals surface area contributed by atoms with Gasteiger partial charge in [-0.2, -0.15) is 0 Å². The summed E-state index contributed by atoms with van der Waals surface area (Å²) in [5, 5.41) is 0. The molecule has 0 atom stereocenters. The molecule has 0 aromatic carbocycles. The van der Waals surface area contributed by atoms with Crippen molar-refractivity contribution in [2.75, 3.05) is 17.8 Å². The minimum atomic E-state index is -0.137.